The minimum absolute atomic E-state index is 0.00532. The van der Waals surface area contributed by atoms with E-state index in [0.717, 1.165) is 48.0 Å². The topological polar surface area (TPSA) is 38.8 Å². The van der Waals surface area contributed by atoms with E-state index in [-0.39, 0.29) is 18.3 Å². The number of rotatable bonds is 5. The highest BCUT2D eigenvalue weighted by molar-refractivity contribution is 9.09. The van der Waals surface area contributed by atoms with Crippen LogP contribution in [0.15, 0.2) is 48.0 Å². The van der Waals surface area contributed by atoms with Crippen LogP contribution in [0.25, 0.3) is 5.57 Å². The molecule has 0 atom stereocenters. The van der Waals surface area contributed by atoms with Crippen molar-refractivity contribution < 1.29 is 18.7 Å². The van der Waals surface area contributed by atoms with Gasteiger partial charge in [0.1, 0.15) is 23.9 Å². The van der Waals surface area contributed by atoms with Gasteiger partial charge in [-0.2, -0.15) is 0 Å². The molecule has 1 amide bonds. The molecule has 6 heteroatoms. The largest absolute Gasteiger partial charge is 0.493 e. The third-order valence-electron chi connectivity index (χ3n) is 5.02. The lowest BCUT2D eigenvalue weighted by atomic mass is 9.90. The second kappa shape index (κ2) is 8.35. The van der Waals surface area contributed by atoms with Crippen molar-refractivity contribution >= 4 is 27.4 Å². The maximum atomic E-state index is 13.5. The second-order valence-electron chi connectivity index (χ2n) is 6.84. The zero-order chi connectivity index (χ0) is 19.5. The number of alkyl halides is 1. The van der Waals surface area contributed by atoms with Crippen LogP contribution in [0, 0.1) is 5.82 Å². The molecule has 0 N–H and O–H groups in total. The Hall–Kier alpha value is -2.34. The molecule has 0 aromatic heterocycles. The predicted molar refractivity (Wildman–Crippen MR) is 109 cm³/mol. The van der Waals surface area contributed by atoms with Gasteiger partial charge in [-0.1, -0.05) is 28.1 Å². The number of amides is 1. The average Bonchev–Trinajstić information content (AvgIpc) is 3.26. The van der Waals surface area contributed by atoms with Crippen LogP contribution in [0.2, 0.25) is 0 Å². The molecule has 2 aliphatic rings. The van der Waals surface area contributed by atoms with Gasteiger partial charge in [-0.3, -0.25) is 4.79 Å². The standard InChI is InChI=1S/C22H21BrFNO3/c23-9-12-27-17-7-8-20-18(13-17)21(15-3-5-16(24)6-4-15)19(14-28-20)22(26)25-10-1-2-11-25/h3-8,13H,1-2,9-12,14H2. The van der Waals surface area contributed by atoms with Crippen LogP contribution < -0.4 is 9.47 Å². The molecule has 0 spiro atoms. The first kappa shape index (κ1) is 19.0. The smallest absolute Gasteiger partial charge is 0.253 e. The molecular weight excluding hydrogens is 425 g/mol. The van der Waals surface area contributed by atoms with Gasteiger partial charge in [-0.25, -0.2) is 4.39 Å². The monoisotopic (exact) mass is 445 g/mol. The Labute approximate surface area is 172 Å². The van der Waals surface area contributed by atoms with Gasteiger partial charge in [0.15, 0.2) is 0 Å². The van der Waals surface area contributed by atoms with Gasteiger partial charge in [0.25, 0.3) is 5.91 Å². The molecule has 1 saturated heterocycles. The molecule has 1 fully saturated rings. The molecule has 4 nitrogen and oxygen atoms in total. The van der Waals surface area contributed by atoms with Gasteiger partial charge in [0.2, 0.25) is 0 Å². The van der Waals surface area contributed by atoms with E-state index < -0.39 is 0 Å². The van der Waals surface area contributed by atoms with Crippen LogP contribution >= 0.6 is 15.9 Å². The Morgan fingerprint density at radius 1 is 1.14 bits per heavy atom. The average molecular weight is 446 g/mol. The van der Waals surface area contributed by atoms with Crippen molar-refractivity contribution in [1.29, 1.82) is 0 Å². The fraction of sp³-hybridized carbons (Fsp3) is 0.318. The van der Waals surface area contributed by atoms with Gasteiger partial charge in [-0.05, 0) is 48.7 Å². The van der Waals surface area contributed by atoms with Crippen molar-refractivity contribution in [3.05, 3.63) is 65.0 Å². The lowest BCUT2D eigenvalue weighted by molar-refractivity contribution is -0.126. The fourth-order valence-electron chi connectivity index (χ4n) is 3.69. The van der Waals surface area contributed by atoms with Crippen molar-refractivity contribution in [3.8, 4) is 11.5 Å². The summed E-state index contributed by atoms with van der Waals surface area (Å²) in [5, 5.41) is 0.722. The number of ether oxygens (including phenoxy) is 2. The van der Waals surface area contributed by atoms with Gasteiger partial charge < -0.3 is 14.4 Å². The number of nitrogens with zero attached hydrogens (tertiary/aromatic N) is 1. The summed E-state index contributed by atoms with van der Waals surface area (Å²) in [6.07, 6.45) is 2.04. The Bertz CT molecular complexity index is 904. The molecule has 0 aliphatic carbocycles. The minimum Gasteiger partial charge on any atom is -0.493 e. The number of carbonyl (C=O) groups excluding carboxylic acids is 1. The fourth-order valence-corrected chi connectivity index (χ4v) is 3.85. The predicted octanol–water partition coefficient (Wildman–Crippen LogP) is 4.42. The molecule has 4 rings (SSSR count). The van der Waals surface area contributed by atoms with Crippen molar-refractivity contribution in [2.45, 2.75) is 12.8 Å². The van der Waals surface area contributed by atoms with E-state index in [9.17, 15) is 9.18 Å². The first-order valence-electron chi connectivity index (χ1n) is 9.41. The van der Waals surface area contributed by atoms with E-state index in [1.807, 2.05) is 23.1 Å². The van der Waals surface area contributed by atoms with Crippen LogP contribution in [-0.2, 0) is 4.79 Å². The van der Waals surface area contributed by atoms with Crippen LogP contribution in [-0.4, -0.2) is 42.4 Å². The summed E-state index contributed by atoms with van der Waals surface area (Å²) in [5.41, 5.74) is 3.00. The van der Waals surface area contributed by atoms with Gasteiger partial charge in [0.05, 0.1) is 12.2 Å². The van der Waals surface area contributed by atoms with Crippen LogP contribution in [0.5, 0.6) is 11.5 Å². The maximum Gasteiger partial charge on any atom is 0.253 e. The van der Waals surface area contributed by atoms with E-state index in [4.69, 9.17) is 9.47 Å². The molecule has 2 heterocycles. The second-order valence-corrected chi connectivity index (χ2v) is 7.64. The number of likely N-dealkylation sites (tertiary alicyclic amines) is 1. The molecule has 2 aromatic carbocycles. The molecule has 0 saturated carbocycles. The molecule has 2 aliphatic heterocycles. The Morgan fingerprint density at radius 2 is 1.89 bits per heavy atom. The van der Waals surface area contributed by atoms with Crippen molar-refractivity contribution in [1.82, 2.24) is 4.90 Å². The van der Waals surface area contributed by atoms with Gasteiger partial charge in [0, 0.05) is 29.6 Å². The van der Waals surface area contributed by atoms with E-state index in [2.05, 4.69) is 15.9 Å². The third kappa shape index (κ3) is 3.78. The third-order valence-corrected chi connectivity index (χ3v) is 5.35. The quantitative estimate of drug-likeness (QED) is 0.639. The highest BCUT2D eigenvalue weighted by atomic mass is 79.9. The van der Waals surface area contributed by atoms with E-state index >= 15 is 0 Å². The molecular formula is C22H21BrFNO3. The summed E-state index contributed by atoms with van der Waals surface area (Å²) in [5.74, 6) is 1.09. The van der Waals surface area contributed by atoms with Gasteiger partial charge >= 0.3 is 0 Å². The minimum atomic E-state index is -0.307. The van der Waals surface area contributed by atoms with Crippen molar-refractivity contribution in [2.75, 3.05) is 31.6 Å². The van der Waals surface area contributed by atoms with Crippen molar-refractivity contribution in [3.63, 3.8) is 0 Å². The Morgan fingerprint density at radius 3 is 2.61 bits per heavy atom. The summed E-state index contributed by atoms with van der Waals surface area (Å²) in [6, 6.07) is 11.9. The first-order valence-corrected chi connectivity index (χ1v) is 10.5. The lowest BCUT2D eigenvalue weighted by Gasteiger charge is -2.27. The number of halogens is 2. The highest BCUT2D eigenvalue weighted by Gasteiger charge is 2.30. The lowest BCUT2D eigenvalue weighted by Crippen LogP contribution is -2.33. The summed E-state index contributed by atoms with van der Waals surface area (Å²) in [6.45, 7) is 2.27. The van der Waals surface area contributed by atoms with Crippen LogP contribution in [0.4, 0.5) is 4.39 Å². The summed E-state index contributed by atoms with van der Waals surface area (Å²) in [4.78, 5) is 15.1. The zero-order valence-corrected chi connectivity index (χ0v) is 17.0. The van der Waals surface area contributed by atoms with Crippen molar-refractivity contribution in [2.24, 2.45) is 0 Å². The SMILES string of the molecule is O=C(C1=C(c2ccc(F)cc2)c2cc(OCCBr)ccc2OC1)N1CCCC1. The summed E-state index contributed by atoms with van der Waals surface area (Å²) in [7, 11) is 0. The number of carbonyl (C=O) groups is 1. The molecule has 0 unspecified atom stereocenters. The molecule has 2 aromatic rings. The highest BCUT2D eigenvalue weighted by Crippen LogP contribution is 2.40. The number of benzene rings is 2. The number of hydrogen-bond acceptors (Lipinski definition) is 3. The van der Waals surface area contributed by atoms with Crippen LogP contribution in [0.1, 0.15) is 24.0 Å². The zero-order valence-electron chi connectivity index (χ0n) is 15.4. The molecule has 0 bridgehead atoms. The number of fused-ring (bicyclic) bond motifs is 1. The van der Waals surface area contributed by atoms with Crippen LogP contribution in [0.3, 0.4) is 0 Å². The molecule has 28 heavy (non-hydrogen) atoms. The first-order chi connectivity index (χ1) is 13.7. The van der Waals surface area contributed by atoms with E-state index in [0.29, 0.717) is 23.7 Å². The van der Waals surface area contributed by atoms with Gasteiger partial charge in [-0.15, -0.1) is 0 Å². The summed E-state index contributed by atoms with van der Waals surface area (Å²) >= 11 is 3.36. The van der Waals surface area contributed by atoms with E-state index in [1.54, 1.807) is 12.1 Å². The molecule has 146 valence electrons. The number of hydrogen-bond donors (Lipinski definition) is 0. The normalized spacial score (nSPS) is 16.0. The summed E-state index contributed by atoms with van der Waals surface area (Å²) < 4.78 is 25.2. The molecule has 0 radical (unpaired) electrons. The van der Waals surface area contributed by atoms with E-state index in [1.165, 1.54) is 12.1 Å². The Balaban J connectivity index is 1.83. The Kier molecular flexibility index (Phi) is 5.67. The maximum absolute atomic E-state index is 13.5.